The van der Waals surface area contributed by atoms with Gasteiger partial charge < -0.3 is 31.5 Å². The van der Waals surface area contributed by atoms with E-state index in [-0.39, 0.29) is 27.7 Å². The smallest absolute Gasteiger partial charge is 0.123 e. The Balaban J connectivity index is -0.000000175. The van der Waals surface area contributed by atoms with Gasteiger partial charge in [0.1, 0.15) is 11.6 Å². The lowest BCUT2D eigenvalue weighted by molar-refractivity contribution is 0.0434. The van der Waals surface area contributed by atoms with E-state index in [1.165, 1.54) is 62.9 Å². The first-order valence-corrected chi connectivity index (χ1v) is 10.9. The highest BCUT2D eigenvalue weighted by atomic mass is 19.1. The Bertz CT molecular complexity index is 645. The van der Waals surface area contributed by atoms with E-state index < -0.39 is 0 Å². The first kappa shape index (κ1) is 38.2. The molecule has 0 amide bonds. The first-order chi connectivity index (χ1) is 13.9. The zero-order chi connectivity index (χ0) is 21.7. The third-order valence-corrected chi connectivity index (χ3v) is 5.73. The Kier molecular flexibility index (Phi) is 23.8. The molecule has 8 N–H and O–H groups in total. The molecule has 0 atom stereocenters. The van der Waals surface area contributed by atoms with E-state index in [2.05, 4.69) is 18.9 Å². The lowest BCUT2D eigenvalue weighted by atomic mass is 9.63. The summed E-state index contributed by atoms with van der Waals surface area (Å²) in [5.41, 5.74) is 3.19. The van der Waals surface area contributed by atoms with Gasteiger partial charge in [-0.3, -0.25) is 0 Å². The maximum absolute atomic E-state index is 12.1. The lowest BCUT2D eigenvalue weighted by Crippen LogP contribution is -2.41. The summed E-state index contributed by atoms with van der Waals surface area (Å²) in [5, 5.41) is 0. The molecule has 1 heterocycles. The van der Waals surface area contributed by atoms with Crippen molar-refractivity contribution in [1.29, 1.82) is 0 Å². The molecule has 0 aromatic heterocycles. The third-order valence-electron chi connectivity index (χ3n) is 5.73. The van der Waals surface area contributed by atoms with Crippen LogP contribution in [0.1, 0.15) is 57.1 Å². The number of benzene rings is 2. The van der Waals surface area contributed by atoms with Gasteiger partial charge in [0.15, 0.2) is 0 Å². The van der Waals surface area contributed by atoms with E-state index in [9.17, 15) is 4.39 Å². The number of hydrogen-bond acceptors (Lipinski definition) is 2. The number of likely N-dealkylation sites (tertiary alicyclic amines) is 1. The predicted octanol–water partition coefficient (Wildman–Crippen LogP) is 3.75. The summed E-state index contributed by atoms with van der Waals surface area (Å²) < 4.78 is 17.1. The molecule has 6 nitrogen and oxygen atoms in total. The van der Waals surface area contributed by atoms with Crippen molar-refractivity contribution >= 4 is 0 Å². The standard InChI is InChI=1S/C9H17N.C8H10O.C7H7F.C2H6.4H2O/c1-10-7-5-9(6-8-10)3-2-4-9;1-7-3-5-8(9-2)6-4-7;1-6-2-4-7(8)5-3-6;1-2;;;;/h2-8H2,1H3;3-6H,1-2H3;2-5H,1H3;1-2H3;4*1H2. The van der Waals surface area contributed by atoms with Gasteiger partial charge in [-0.25, -0.2) is 4.39 Å². The fraction of sp³-hybridized carbons (Fsp3) is 0.538. The maximum atomic E-state index is 12.1. The molecule has 2 aromatic rings. The predicted molar refractivity (Wildman–Crippen MR) is 138 cm³/mol. The molecule has 2 aliphatic rings. The molecule has 0 bridgehead atoms. The van der Waals surface area contributed by atoms with Crippen LogP contribution in [0.25, 0.3) is 0 Å². The zero-order valence-electron chi connectivity index (χ0n) is 21.3. The number of hydrogen-bond donors (Lipinski definition) is 0. The van der Waals surface area contributed by atoms with Crippen molar-refractivity contribution in [3.8, 4) is 5.75 Å². The lowest BCUT2D eigenvalue weighted by Gasteiger charge is -2.47. The summed E-state index contributed by atoms with van der Waals surface area (Å²) in [6.07, 6.45) is 7.51. The van der Waals surface area contributed by atoms with Gasteiger partial charge in [0.05, 0.1) is 7.11 Å². The van der Waals surface area contributed by atoms with Crippen molar-refractivity contribution in [2.24, 2.45) is 5.41 Å². The summed E-state index contributed by atoms with van der Waals surface area (Å²) in [7, 11) is 3.91. The number of piperidine rings is 1. The fourth-order valence-electron chi connectivity index (χ4n) is 3.48. The minimum absolute atomic E-state index is 0. The van der Waals surface area contributed by atoms with Gasteiger partial charge in [0.25, 0.3) is 0 Å². The van der Waals surface area contributed by atoms with Gasteiger partial charge in [-0.2, -0.15) is 0 Å². The van der Waals surface area contributed by atoms with Crippen molar-refractivity contribution in [1.82, 2.24) is 4.90 Å². The van der Waals surface area contributed by atoms with Crippen LogP contribution in [-0.4, -0.2) is 54.1 Å². The minimum Gasteiger partial charge on any atom is -0.497 e. The molecule has 194 valence electrons. The molecule has 1 aliphatic heterocycles. The number of nitrogens with zero attached hydrogens (tertiary/aromatic N) is 1. The Hall–Kier alpha value is -2.03. The van der Waals surface area contributed by atoms with Crippen LogP contribution < -0.4 is 4.74 Å². The topological polar surface area (TPSA) is 138 Å². The average Bonchev–Trinajstić information content (AvgIpc) is 2.73. The van der Waals surface area contributed by atoms with Gasteiger partial charge in [0.2, 0.25) is 0 Å². The monoisotopic (exact) mass is 473 g/mol. The second-order valence-corrected chi connectivity index (χ2v) is 7.97. The van der Waals surface area contributed by atoms with Gasteiger partial charge in [0, 0.05) is 0 Å². The van der Waals surface area contributed by atoms with Gasteiger partial charge in [-0.05, 0) is 89.3 Å². The molecular formula is C26H48FNO5. The van der Waals surface area contributed by atoms with Crippen molar-refractivity contribution in [2.45, 2.75) is 59.8 Å². The Morgan fingerprint density at radius 1 is 0.727 bits per heavy atom. The normalized spacial score (nSPS) is 14.6. The van der Waals surface area contributed by atoms with Gasteiger partial charge in [-0.1, -0.05) is 55.7 Å². The van der Waals surface area contributed by atoms with Crippen LogP contribution in [0.15, 0.2) is 48.5 Å². The van der Waals surface area contributed by atoms with Gasteiger partial charge in [-0.15, -0.1) is 0 Å². The quantitative estimate of drug-likeness (QED) is 0.622. The molecule has 2 aromatic carbocycles. The van der Waals surface area contributed by atoms with Crippen LogP contribution in [0.2, 0.25) is 0 Å². The van der Waals surface area contributed by atoms with Gasteiger partial charge >= 0.3 is 0 Å². The molecule has 1 aliphatic carbocycles. The van der Waals surface area contributed by atoms with Crippen LogP contribution >= 0.6 is 0 Å². The molecule has 0 unspecified atom stereocenters. The Labute approximate surface area is 200 Å². The molecule has 4 rings (SSSR count). The number of methoxy groups -OCH3 is 1. The highest BCUT2D eigenvalue weighted by Crippen LogP contribution is 2.48. The van der Waals surface area contributed by atoms with Crippen LogP contribution in [0.4, 0.5) is 4.39 Å². The summed E-state index contributed by atoms with van der Waals surface area (Å²) in [5.74, 6) is 0.746. The van der Waals surface area contributed by atoms with E-state index >= 15 is 0 Å². The number of rotatable bonds is 1. The van der Waals surface area contributed by atoms with E-state index in [1.807, 2.05) is 45.0 Å². The SMILES string of the molecule is CC.CN1CCC2(CCC2)CC1.COc1ccc(C)cc1.Cc1ccc(F)cc1.O.O.O.O. The second-order valence-electron chi connectivity index (χ2n) is 7.97. The first-order valence-electron chi connectivity index (χ1n) is 10.9. The molecule has 1 saturated heterocycles. The second kappa shape index (κ2) is 20.6. The summed E-state index contributed by atoms with van der Waals surface area (Å²) in [6, 6.07) is 14.4. The highest BCUT2D eigenvalue weighted by Gasteiger charge is 2.38. The summed E-state index contributed by atoms with van der Waals surface area (Å²) >= 11 is 0. The van der Waals surface area contributed by atoms with Crippen molar-refractivity contribution in [2.75, 3.05) is 27.2 Å². The number of halogens is 1. The average molecular weight is 474 g/mol. The minimum atomic E-state index is -0.171. The molecule has 7 heteroatoms. The Morgan fingerprint density at radius 2 is 1.12 bits per heavy atom. The van der Waals surface area contributed by atoms with Crippen LogP contribution in [0.5, 0.6) is 5.75 Å². The van der Waals surface area contributed by atoms with E-state index in [4.69, 9.17) is 4.74 Å². The van der Waals surface area contributed by atoms with Crippen LogP contribution in [0, 0.1) is 25.1 Å². The molecule has 0 radical (unpaired) electrons. The molecular weight excluding hydrogens is 425 g/mol. The van der Waals surface area contributed by atoms with E-state index in [1.54, 1.807) is 19.2 Å². The van der Waals surface area contributed by atoms with E-state index in [0.29, 0.717) is 0 Å². The summed E-state index contributed by atoms with van der Waals surface area (Å²) in [6.45, 7) is 10.7. The fourth-order valence-corrected chi connectivity index (χ4v) is 3.48. The van der Waals surface area contributed by atoms with Crippen molar-refractivity contribution in [3.63, 3.8) is 0 Å². The molecule has 2 fully saturated rings. The van der Waals surface area contributed by atoms with Crippen molar-refractivity contribution < 1.29 is 31.0 Å². The van der Waals surface area contributed by atoms with E-state index in [0.717, 1.165) is 16.7 Å². The molecule has 1 spiro atoms. The molecule has 33 heavy (non-hydrogen) atoms. The van der Waals surface area contributed by atoms with Crippen LogP contribution in [0.3, 0.4) is 0 Å². The zero-order valence-corrected chi connectivity index (χ0v) is 21.3. The largest absolute Gasteiger partial charge is 0.497 e. The van der Waals surface area contributed by atoms with Crippen molar-refractivity contribution in [3.05, 3.63) is 65.5 Å². The summed E-state index contributed by atoms with van der Waals surface area (Å²) in [4.78, 5) is 2.46. The Morgan fingerprint density at radius 3 is 1.42 bits per heavy atom. The molecule has 1 saturated carbocycles. The number of ether oxygens (including phenoxy) is 1. The maximum Gasteiger partial charge on any atom is 0.123 e. The third kappa shape index (κ3) is 14.7. The highest BCUT2D eigenvalue weighted by molar-refractivity contribution is 5.25. The number of aryl methyl sites for hydroxylation is 2. The van der Waals surface area contributed by atoms with Crippen LogP contribution in [-0.2, 0) is 0 Å².